The molecule has 1 aromatic heterocycles. The van der Waals surface area contributed by atoms with Crippen molar-refractivity contribution in [1.82, 2.24) is 0 Å². The minimum atomic E-state index is -0.472. The van der Waals surface area contributed by atoms with Crippen molar-refractivity contribution in [3.8, 4) is 0 Å². The first-order chi connectivity index (χ1) is 12.2. The van der Waals surface area contributed by atoms with Crippen LogP contribution < -0.4 is 0 Å². The molecule has 0 N–H and O–H groups in total. The molecule has 0 aliphatic rings. The van der Waals surface area contributed by atoms with Gasteiger partial charge >= 0.3 is 5.97 Å². The lowest BCUT2D eigenvalue weighted by atomic mass is 10.1. The highest BCUT2D eigenvalue weighted by atomic mass is 32.2. The number of rotatable bonds is 7. The van der Waals surface area contributed by atoms with Crippen LogP contribution >= 0.6 is 11.8 Å². The van der Waals surface area contributed by atoms with E-state index in [0.29, 0.717) is 18.8 Å². The summed E-state index contributed by atoms with van der Waals surface area (Å²) < 4.78 is 16.7. The first-order valence-corrected chi connectivity index (χ1v) is 9.33. The monoisotopic (exact) mass is 356 g/mol. The van der Waals surface area contributed by atoms with Gasteiger partial charge < -0.3 is 13.9 Å². The lowest BCUT2D eigenvalue weighted by molar-refractivity contribution is 0.0430. The second-order valence-electron chi connectivity index (χ2n) is 5.47. The van der Waals surface area contributed by atoms with Gasteiger partial charge in [-0.3, -0.25) is 0 Å². The van der Waals surface area contributed by atoms with Crippen molar-refractivity contribution >= 4 is 28.7 Å². The van der Waals surface area contributed by atoms with Gasteiger partial charge in [-0.05, 0) is 36.9 Å². The summed E-state index contributed by atoms with van der Waals surface area (Å²) in [5.74, 6) is -0.254. The van der Waals surface area contributed by atoms with Crippen molar-refractivity contribution in [3.05, 3.63) is 65.4 Å². The normalized spacial score (nSPS) is 11.0. The van der Waals surface area contributed by atoms with Crippen molar-refractivity contribution in [2.24, 2.45) is 0 Å². The summed E-state index contributed by atoms with van der Waals surface area (Å²) in [5, 5.41) is 0.882. The molecule has 0 radical (unpaired) electrons. The molecule has 0 saturated heterocycles. The highest BCUT2D eigenvalue weighted by molar-refractivity contribution is 7.98. The zero-order valence-corrected chi connectivity index (χ0v) is 15.1. The van der Waals surface area contributed by atoms with Crippen LogP contribution in [0.4, 0.5) is 0 Å². The number of furan rings is 1. The predicted octanol–water partition coefficient (Wildman–Crippen LogP) is 5.05. The van der Waals surface area contributed by atoms with Crippen LogP contribution in [0, 0.1) is 0 Å². The molecule has 1 heterocycles. The van der Waals surface area contributed by atoms with Gasteiger partial charge in [0.05, 0.1) is 6.61 Å². The molecule has 0 bridgehead atoms. The van der Waals surface area contributed by atoms with Crippen LogP contribution in [-0.2, 0) is 22.7 Å². The van der Waals surface area contributed by atoms with E-state index in [9.17, 15) is 4.79 Å². The van der Waals surface area contributed by atoms with Crippen LogP contribution in [0.15, 0.2) is 57.8 Å². The molecule has 0 amide bonds. The molecule has 4 nitrogen and oxygen atoms in total. The third-order valence-corrected chi connectivity index (χ3v) is 4.61. The number of thioether (sulfide) groups is 1. The highest BCUT2D eigenvalue weighted by Crippen LogP contribution is 2.27. The molecular weight excluding hydrogens is 336 g/mol. The summed E-state index contributed by atoms with van der Waals surface area (Å²) in [5.41, 5.74) is 2.34. The molecule has 3 rings (SSSR count). The quantitative estimate of drug-likeness (QED) is 0.438. The van der Waals surface area contributed by atoms with E-state index in [2.05, 4.69) is 0 Å². The molecule has 0 atom stereocenters. The van der Waals surface area contributed by atoms with Crippen molar-refractivity contribution in [3.63, 3.8) is 0 Å². The van der Waals surface area contributed by atoms with Crippen LogP contribution in [0.5, 0.6) is 0 Å². The van der Waals surface area contributed by atoms with Gasteiger partial charge in [-0.2, -0.15) is 0 Å². The molecule has 130 valence electrons. The second-order valence-corrected chi connectivity index (χ2v) is 6.35. The number of carbonyl (C=O) groups is 1. The fourth-order valence-corrected chi connectivity index (χ4v) is 2.96. The van der Waals surface area contributed by atoms with Crippen molar-refractivity contribution in [1.29, 1.82) is 0 Å². The Hall–Kier alpha value is -2.24. The molecule has 0 aliphatic heterocycles. The number of esters is 1. The summed E-state index contributed by atoms with van der Waals surface area (Å²) in [6.45, 7) is 3.01. The van der Waals surface area contributed by atoms with E-state index in [1.807, 2.05) is 61.7 Å². The van der Waals surface area contributed by atoms with E-state index in [1.54, 1.807) is 11.8 Å². The summed E-state index contributed by atoms with van der Waals surface area (Å²) in [6.07, 6.45) is 2.02. The molecule has 2 aromatic carbocycles. The third kappa shape index (κ3) is 4.06. The van der Waals surface area contributed by atoms with E-state index in [1.165, 1.54) is 4.90 Å². The number of hydrogen-bond donors (Lipinski definition) is 0. The Morgan fingerprint density at radius 2 is 1.84 bits per heavy atom. The molecule has 5 heteroatoms. The summed E-state index contributed by atoms with van der Waals surface area (Å²) in [7, 11) is 0. The van der Waals surface area contributed by atoms with Gasteiger partial charge in [-0.25, -0.2) is 4.79 Å². The van der Waals surface area contributed by atoms with E-state index < -0.39 is 5.97 Å². The zero-order valence-electron chi connectivity index (χ0n) is 14.3. The van der Waals surface area contributed by atoms with Crippen LogP contribution in [0.2, 0.25) is 0 Å². The SMILES string of the molecule is CCOCc1c(C(=O)OCc2ccc(SC)cc2)oc2ccccc12. The van der Waals surface area contributed by atoms with Crippen LogP contribution in [-0.4, -0.2) is 18.8 Å². The van der Waals surface area contributed by atoms with Gasteiger partial charge in [0.15, 0.2) is 0 Å². The van der Waals surface area contributed by atoms with E-state index in [-0.39, 0.29) is 12.4 Å². The summed E-state index contributed by atoms with van der Waals surface area (Å²) >= 11 is 1.67. The number of fused-ring (bicyclic) bond motifs is 1. The van der Waals surface area contributed by atoms with Crippen LogP contribution in [0.1, 0.15) is 28.6 Å². The Morgan fingerprint density at radius 3 is 2.56 bits per heavy atom. The van der Waals surface area contributed by atoms with Crippen LogP contribution in [0.3, 0.4) is 0 Å². The Balaban J connectivity index is 1.78. The van der Waals surface area contributed by atoms with Gasteiger partial charge in [-0.15, -0.1) is 11.8 Å². The third-order valence-electron chi connectivity index (χ3n) is 3.86. The lowest BCUT2D eigenvalue weighted by Crippen LogP contribution is -2.07. The number of ether oxygens (including phenoxy) is 2. The maximum Gasteiger partial charge on any atom is 0.374 e. The van der Waals surface area contributed by atoms with E-state index in [4.69, 9.17) is 13.9 Å². The highest BCUT2D eigenvalue weighted by Gasteiger charge is 2.21. The Bertz CT molecular complexity index is 852. The molecule has 0 spiro atoms. The molecule has 0 unspecified atom stereocenters. The number of para-hydroxylation sites is 1. The average molecular weight is 356 g/mol. The first kappa shape index (κ1) is 17.6. The smallest absolute Gasteiger partial charge is 0.374 e. The maximum atomic E-state index is 12.5. The van der Waals surface area contributed by atoms with Gasteiger partial charge in [0.25, 0.3) is 0 Å². The van der Waals surface area contributed by atoms with Gasteiger partial charge in [-0.1, -0.05) is 30.3 Å². The number of carbonyl (C=O) groups excluding carboxylic acids is 1. The molecule has 0 saturated carbocycles. The van der Waals surface area contributed by atoms with E-state index in [0.717, 1.165) is 16.5 Å². The fraction of sp³-hybridized carbons (Fsp3) is 0.250. The van der Waals surface area contributed by atoms with Gasteiger partial charge in [0.1, 0.15) is 12.2 Å². The van der Waals surface area contributed by atoms with Crippen LogP contribution in [0.25, 0.3) is 11.0 Å². The van der Waals surface area contributed by atoms with E-state index >= 15 is 0 Å². The maximum absolute atomic E-state index is 12.5. The van der Waals surface area contributed by atoms with Crippen molar-refractivity contribution in [2.45, 2.75) is 25.0 Å². The zero-order chi connectivity index (χ0) is 17.6. The van der Waals surface area contributed by atoms with Gasteiger partial charge in [0.2, 0.25) is 5.76 Å². The topological polar surface area (TPSA) is 48.7 Å². The molecular formula is C20H20O4S. The Kier molecular flexibility index (Phi) is 5.79. The summed E-state index contributed by atoms with van der Waals surface area (Å²) in [6, 6.07) is 15.5. The predicted molar refractivity (Wildman–Crippen MR) is 98.9 cm³/mol. The van der Waals surface area contributed by atoms with Crippen molar-refractivity contribution < 1.29 is 18.7 Å². The van der Waals surface area contributed by atoms with Crippen molar-refractivity contribution in [2.75, 3.05) is 12.9 Å². The molecule has 3 aromatic rings. The first-order valence-electron chi connectivity index (χ1n) is 8.11. The largest absolute Gasteiger partial charge is 0.455 e. The number of benzene rings is 2. The minimum Gasteiger partial charge on any atom is -0.455 e. The minimum absolute atomic E-state index is 0.207. The fourth-order valence-electron chi connectivity index (χ4n) is 2.55. The Morgan fingerprint density at radius 1 is 1.08 bits per heavy atom. The molecule has 25 heavy (non-hydrogen) atoms. The average Bonchev–Trinajstić information content (AvgIpc) is 3.03. The standard InChI is InChI=1S/C20H20O4S/c1-3-22-13-17-16-6-4-5-7-18(16)24-19(17)20(21)23-12-14-8-10-15(25-2)11-9-14/h4-11H,3,12-13H2,1-2H3. The molecule has 0 fully saturated rings. The van der Waals surface area contributed by atoms with Gasteiger partial charge in [0, 0.05) is 22.5 Å². The summed E-state index contributed by atoms with van der Waals surface area (Å²) in [4.78, 5) is 13.7. The Labute approximate surface area is 151 Å². The molecule has 0 aliphatic carbocycles. The number of hydrogen-bond acceptors (Lipinski definition) is 5. The lowest BCUT2D eigenvalue weighted by Gasteiger charge is -2.06. The second kappa shape index (κ2) is 8.23.